The zero-order chi connectivity index (χ0) is 19.5. The van der Waals surface area contributed by atoms with Crippen molar-refractivity contribution in [3.05, 3.63) is 29.1 Å². The lowest BCUT2D eigenvalue weighted by molar-refractivity contribution is -0.128. The molecule has 1 N–H and O–H groups in total. The van der Waals surface area contributed by atoms with Gasteiger partial charge in [0.25, 0.3) is 0 Å². The van der Waals surface area contributed by atoms with Crippen molar-refractivity contribution < 1.29 is 14.0 Å². The maximum Gasteiger partial charge on any atom is 0.226 e. The molecule has 1 aromatic heterocycles. The molecule has 0 radical (unpaired) electrons. The highest BCUT2D eigenvalue weighted by molar-refractivity contribution is 6.31. The van der Waals surface area contributed by atoms with Crippen LogP contribution >= 0.6 is 11.6 Å². The number of hydrogen-bond acceptors (Lipinski definition) is 4. The van der Waals surface area contributed by atoms with E-state index < -0.39 is 0 Å². The minimum absolute atomic E-state index is 0.0237. The van der Waals surface area contributed by atoms with Crippen molar-refractivity contribution in [1.82, 2.24) is 15.2 Å². The average Bonchev–Trinajstić information content (AvgIpc) is 3.31. The second-order valence-electron chi connectivity index (χ2n) is 8.26. The molecule has 2 atom stereocenters. The molecule has 7 heteroatoms. The lowest BCUT2D eigenvalue weighted by atomic mass is 9.61. The number of hydrogen-bond donors (Lipinski definition) is 1. The first-order valence-corrected chi connectivity index (χ1v) is 9.92. The van der Waals surface area contributed by atoms with Gasteiger partial charge in [0.1, 0.15) is 5.52 Å². The minimum Gasteiger partial charge on any atom is -0.440 e. The van der Waals surface area contributed by atoms with E-state index >= 15 is 0 Å². The van der Waals surface area contributed by atoms with Gasteiger partial charge in [-0.05, 0) is 37.5 Å². The fourth-order valence-corrected chi connectivity index (χ4v) is 4.74. The second-order valence-corrected chi connectivity index (χ2v) is 8.70. The molecule has 3 aliphatic rings. The maximum absolute atomic E-state index is 12.4. The lowest BCUT2D eigenvalue weighted by Crippen LogP contribution is -2.42. The number of aromatic nitrogens is 1. The summed E-state index contributed by atoms with van der Waals surface area (Å²) in [6.07, 6.45) is 2.85. The van der Waals surface area contributed by atoms with Gasteiger partial charge in [-0.1, -0.05) is 23.4 Å². The van der Waals surface area contributed by atoms with Crippen molar-refractivity contribution in [1.29, 1.82) is 0 Å². The van der Waals surface area contributed by atoms with Crippen molar-refractivity contribution >= 4 is 34.5 Å². The van der Waals surface area contributed by atoms with E-state index in [1.165, 1.54) is 0 Å². The number of benzene rings is 1. The van der Waals surface area contributed by atoms with E-state index in [0.29, 0.717) is 11.6 Å². The average molecular weight is 398 g/mol. The predicted molar refractivity (Wildman–Crippen MR) is 103 cm³/mol. The highest BCUT2D eigenvalue weighted by atomic mass is 35.5. The number of carbonyl (C=O) groups is 2. The maximum atomic E-state index is 12.4. The number of nitrogens with one attached hydrogen (secondary N) is 1. The van der Waals surface area contributed by atoms with Crippen molar-refractivity contribution in [3.63, 3.8) is 0 Å². The van der Waals surface area contributed by atoms with Crippen LogP contribution in [0.5, 0.6) is 0 Å². The minimum atomic E-state index is -0.267. The number of rotatable bonds is 3. The lowest BCUT2D eigenvalue weighted by Gasteiger charge is -2.41. The van der Waals surface area contributed by atoms with Crippen molar-refractivity contribution in [3.8, 4) is 11.8 Å². The van der Waals surface area contributed by atoms with Crippen LogP contribution in [0.15, 0.2) is 22.6 Å². The predicted octanol–water partition coefficient (Wildman–Crippen LogP) is 2.72. The molecule has 2 aliphatic carbocycles. The Labute approximate surface area is 167 Å². The monoisotopic (exact) mass is 397 g/mol. The summed E-state index contributed by atoms with van der Waals surface area (Å²) in [5, 5.41) is 3.67. The van der Waals surface area contributed by atoms with Crippen LogP contribution < -0.4 is 5.32 Å². The molecule has 0 bridgehead atoms. The zero-order valence-corrected chi connectivity index (χ0v) is 16.3. The van der Waals surface area contributed by atoms with Gasteiger partial charge in [-0.2, -0.15) is 0 Å². The molecular weight excluding hydrogens is 378 g/mol. The molecule has 0 unspecified atom stereocenters. The summed E-state index contributed by atoms with van der Waals surface area (Å²) < 4.78 is 5.88. The standard InChI is InChI=1S/C21H20ClN3O3/c1-25-11-12(6-18(25)26)19(27)23-15-4-5-21(10-15)8-13(9-21)20-24-16-7-14(22)2-3-17(16)28-20/h2-3,7,12-13,15H,6,8-11H2,1H3,(H,23,27)/t12-,13?,15-,21?/m0/s1. The molecule has 28 heavy (non-hydrogen) atoms. The third-order valence-electron chi connectivity index (χ3n) is 6.12. The molecule has 1 saturated carbocycles. The van der Waals surface area contributed by atoms with Crippen LogP contribution in [0, 0.1) is 23.2 Å². The van der Waals surface area contributed by atoms with Crippen LogP contribution in [-0.4, -0.2) is 41.3 Å². The molecule has 2 aromatic rings. The first kappa shape index (κ1) is 17.6. The van der Waals surface area contributed by atoms with Gasteiger partial charge in [0.05, 0.1) is 12.0 Å². The number of likely N-dealkylation sites (tertiary alicyclic amines) is 1. The van der Waals surface area contributed by atoms with E-state index in [-0.39, 0.29) is 41.5 Å². The van der Waals surface area contributed by atoms with Gasteiger partial charge in [-0.25, -0.2) is 4.98 Å². The molecule has 2 fully saturated rings. The summed E-state index contributed by atoms with van der Waals surface area (Å²) in [6.45, 7) is 0.486. The Bertz CT molecular complexity index is 1040. The number of amides is 2. The van der Waals surface area contributed by atoms with E-state index in [1.807, 2.05) is 12.1 Å². The molecule has 5 rings (SSSR count). The second kappa shape index (κ2) is 6.25. The van der Waals surface area contributed by atoms with Crippen LogP contribution in [0.2, 0.25) is 5.02 Å². The fraction of sp³-hybridized carbons (Fsp3) is 0.476. The Morgan fingerprint density at radius 3 is 2.96 bits per heavy atom. The number of nitrogens with zero attached hydrogens (tertiary/aromatic N) is 2. The summed E-state index contributed by atoms with van der Waals surface area (Å²) in [7, 11) is 1.73. The Balaban J connectivity index is 1.19. The van der Waals surface area contributed by atoms with Crippen LogP contribution in [0.25, 0.3) is 11.1 Å². The van der Waals surface area contributed by atoms with Gasteiger partial charge < -0.3 is 14.6 Å². The quantitative estimate of drug-likeness (QED) is 0.808. The van der Waals surface area contributed by atoms with Gasteiger partial charge in [0, 0.05) is 36.4 Å². The van der Waals surface area contributed by atoms with Crippen LogP contribution in [0.3, 0.4) is 0 Å². The van der Waals surface area contributed by atoms with Crippen LogP contribution in [-0.2, 0) is 9.59 Å². The topological polar surface area (TPSA) is 75.4 Å². The van der Waals surface area contributed by atoms with Gasteiger partial charge in [0.2, 0.25) is 11.8 Å². The van der Waals surface area contributed by atoms with E-state index in [2.05, 4.69) is 22.1 Å². The van der Waals surface area contributed by atoms with Gasteiger partial charge in [-0.3, -0.25) is 9.59 Å². The molecule has 6 nitrogen and oxygen atoms in total. The largest absolute Gasteiger partial charge is 0.440 e. The van der Waals surface area contributed by atoms with Gasteiger partial charge in [0.15, 0.2) is 11.5 Å². The SMILES string of the molecule is CN1C[C@@H](C(=O)N[C@H]2C#CC3(CC(c4nc5cc(Cl)ccc5o4)C3)C2)CC1=O. The highest BCUT2D eigenvalue weighted by Crippen LogP contribution is 2.55. The number of halogens is 1. The number of fused-ring (bicyclic) bond motifs is 1. The third kappa shape index (κ3) is 2.94. The van der Waals surface area contributed by atoms with Crippen molar-refractivity contribution in [2.24, 2.45) is 11.3 Å². The molecule has 1 spiro atoms. The molecule has 2 amide bonds. The first-order chi connectivity index (χ1) is 13.4. The summed E-state index contributed by atoms with van der Waals surface area (Å²) in [5.41, 5.74) is 1.46. The van der Waals surface area contributed by atoms with Gasteiger partial charge in [-0.15, -0.1) is 0 Å². The first-order valence-electron chi connectivity index (χ1n) is 9.54. The molecule has 144 valence electrons. The molecular formula is C21H20ClN3O3. The summed E-state index contributed by atoms with van der Waals surface area (Å²) in [4.78, 5) is 30.2. The van der Waals surface area contributed by atoms with E-state index in [1.54, 1.807) is 18.0 Å². The molecule has 1 aromatic carbocycles. The fourth-order valence-electron chi connectivity index (χ4n) is 4.57. The third-order valence-corrected chi connectivity index (χ3v) is 6.36. The number of oxazole rings is 1. The van der Waals surface area contributed by atoms with Crippen LogP contribution in [0.4, 0.5) is 0 Å². The Kier molecular flexibility index (Phi) is 3.92. The Morgan fingerprint density at radius 2 is 2.21 bits per heavy atom. The van der Waals surface area contributed by atoms with E-state index in [0.717, 1.165) is 36.3 Å². The zero-order valence-electron chi connectivity index (χ0n) is 15.5. The van der Waals surface area contributed by atoms with Crippen LogP contribution in [0.1, 0.15) is 37.5 Å². The van der Waals surface area contributed by atoms with E-state index in [9.17, 15) is 9.59 Å². The smallest absolute Gasteiger partial charge is 0.226 e. The normalized spacial score (nSPS) is 31.1. The summed E-state index contributed by atoms with van der Waals surface area (Å²) in [6, 6.07) is 5.31. The molecule has 1 saturated heterocycles. The molecule has 1 aliphatic heterocycles. The molecule has 2 heterocycles. The Hall–Kier alpha value is -2.52. The summed E-state index contributed by atoms with van der Waals surface area (Å²) in [5.74, 6) is 7.20. The van der Waals surface area contributed by atoms with Crippen molar-refractivity contribution in [2.75, 3.05) is 13.6 Å². The highest BCUT2D eigenvalue weighted by Gasteiger charge is 2.49. The van der Waals surface area contributed by atoms with Gasteiger partial charge >= 0.3 is 0 Å². The van der Waals surface area contributed by atoms with Crippen molar-refractivity contribution in [2.45, 2.75) is 37.6 Å². The Morgan fingerprint density at radius 1 is 1.39 bits per heavy atom. The summed E-state index contributed by atoms with van der Waals surface area (Å²) >= 11 is 6.02. The number of carbonyl (C=O) groups excluding carboxylic acids is 2. The van der Waals surface area contributed by atoms with E-state index in [4.69, 9.17) is 16.0 Å².